The van der Waals surface area contributed by atoms with Gasteiger partial charge in [0.1, 0.15) is 16.8 Å². The molecule has 28 heavy (non-hydrogen) atoms. The molecule has 5 nitrogen and oxygen atoms in total. The highest BCUT2D eigenvalue weighted by Gasteiger charge is 2.17. The number of para-hydroxylation sites is 1. The lowest BCUT2D eigenvalue weighted by molar-refractivity contribution is -0.117. The lowest BCUT2D eigenvalue weighted by Gasteiger charge is -2.05. The van der Waals surface area contributed by atoms with Crippen LogP contribution in [-0.4, -0.2) is 15.7 Å². The topological polar surface area (TPSA) is 70.7 Å². The summed E-state index contributed by atoms with van der Waals surface area (Å²) in [6, 6.07) is 18.5. The Morgan fingerprint density at radius 3 is 2.54 bits per heavy atom. The highest BCUT2D eigenvalue weighted by atomic mass is 35.5. The van der Waals surface area contributed by atoms with Crippen molar-refractivity contribution < 1.29 is 4.79 Å². The number of carbonyl (C=O) groups is 1. The normalized spacial score (nSPS) is 11.1. The number of carbonyl (C=O) groups excluding carboxylic acids is 1. The van der Waals surface area contributed by atoms with Crippen molar-refractivity contribution >= 4 is 35.2 Å². The van der Waals surface area contributed by atoms with Gasteiger partial charge in [-0.2, -0.15) is 10.4 Å². The molecule has 0 aliphatic heterocycles. The lowest BCUT2D eigenvalue weighted by Crippen LogP contribution is -2.23. The fourth-order valence-corrected chi connectivity index (χ4v) is 3.16. The quantitative estimate of drug-likeness (QED) is 0.488. The third-order valence-corrected chi connectivity index (χ3v) is 4.76. The number of rotatable bonds is 5. The lowest BCUT2D eigenvalue weighted by atomic mass is 10.1. The van der Waals surface area contributed by atoms with Gasteiger partial charge in [0.2, 0.25) is 0 Å². The second-order valence-electron chi connectivity index (χ2n) is 5.99. The van der Waals surface area contributed by atoms with Gasteiger partial charge < -0.3 is 5.32 Å². The highest BCUT2D eigenvalue weighted by molar-refractivity contribution is 6.33. The molecule has 3 rings (SSSR count). The van der Waals surface area contributed by atoms with Crippen LogP contribution >= 0.6 is 23.2 Å². The molecule has 1 aromatic heterocycles. The summed E-state index contributed by atoms with van der Waals surface area (Å²) in [5.74, 6) is -0.479. The molecule has 7 heteroatoms. The van der Waals surface area contributed by atoms with E-state index < -0.39 is 5.91 Å². The third kappa shape index (κ3) is 4.25. The van der Waals surface area contributed by atoms with Gasteiger partial charge in [-0.05, 0) is 30.7 Å². The van der Waals surface area contributed by atoms with Crippen LogP contribution in [0.2, 0.25) is 10.2 Å². The van der Waals surface area contributed by atoms with Crippen molar-refractivity contribution in [2.45, 2.75) is 13.5 Å². The van der Waals surface area contributed by atoms with E-state index in [1.165, 1.54) is 10.8 Å². The molecule has 140 valence electrons. The summed E-state index contributed by atoms with van der Waals surface area (Å²) in [5, 5.41) is 17.3. The van der Waals surface area contributed by atoms with Gasteiger partial charge in [-0.15, -0.1) is 0 Å². The molecule has 0 bridgehead atoms. The number of benzene rings is 2. The van der Waals surface area contributed by atoms with E-state index in [1.54, 1.807) is 19.1 Å². The summed E-state index contributed by atoms with van der Waals surface area (Å²) in [4.78, 5) is 12.4. The fourth-order valence-electron chi connectivity index (χ4n) is 2.62. The van der Waals surface area contributed by atoms with E-state index in [4.69, 9.17) is 23.2 Å². The predicted molar refractivity (Wildman–Crippen MR) is 110 cm³/mol. The van der Waals surface area contributed by atoms with Crippen LogP contribution in [0.4, 0.5) is 0 Å². The number of nitrogens with zero attached hydrogens (tertiary/aromatic N) is 3. The molecule has 2 aromatic carbocycles. The van der Waals surface area contributed by atoms with Crippen LogP contribution < -0.4 is 5.32 Å². The zero-order valence-electron chi connectivity index (χ0n) is 15.0. The summed E-state index contributed by atoms with van der Waals surface area (Å²) >= 11 is 12.7. The Kier molecular flexibility index (Phi) is 6.15. The molecule has 0 atom stereocenters. The molecular formula is C21H16Cl2N4O. The van der Waals surface area contributed by atoms with Crippen LogP contribution in [0.3, 0.4) is 0 Å². The van der Waals surface area contributed by atoms with Crippen LogP contribution in [-0.2, 0) is 11.3 Å². The molecule has 1 heterocycles. The Labute approximate surface area is 172 Å². The number of nitrogens with one attached hydrogen (secondary N) is 1. The van der Waals surface area contributed by atoms with Gasteiger partial charge in [0.25, 0.3) is 5.91 Å². The number of halogens is 2. The second-order valence-corrected chi connectivity index (χ2v) is 6.76. The Bertz CT molecular complexity index is 1080. The first-order valence-corrected chi connectivity index (χ1v) is 9.20. The molecule has 0 aliphatic rings. The molecule has 1 N–H and O–H groups in total. The van der Waals surface area contributed by atoms with Crippen LogP contribution in [0.15, 0.2) is 60.2 Å². The molecule has 1 amide bonds. The van der Waals surface area contributed by atoms with E-state index >= 15 is 0 Å². The van der Waals surface area contributed by atoms with Crippen molar-refractivity contribution in [3.8, 4) is 11.8 Å². The van der Waals surface area contributed by atoms with Crippen molar-refractivity contribution in [1.29, 1.82) is 5.26 Å². The summed E-state index contributed by atoms with van der Waals surface area (Å²) < 4.78 is 1.49. The monoisotopic (exact) mass is 410 g/mol. The number of aryl methyl sites for hydroxylation is 1. The smallest absolute Gasteiger partial charge is 0.262 e. The first-order chi connectivity index (χ1) is 13.5. The minimum atomic E-state index is -0.479. The number of amides is 1. The average Bonchev–Trinajstić information content (AvgIpc) is 2.99. The molecular weight excluding hydrogens is 395 g/mol. The van der Waals surface area contributed by atoms with Crippen molar-refractivity contribution in [3.05, 3.63) is 87.2 Å². The first-order valence-electron chi connectivity index (χ1n) is 8.45. The van der Waals surface area contributed by atoms with Gasteiger partial charge in [-0.3, -0.25) is 4.79 Å². The summed E-state index contributed by atoms with van der Waals surface area (Å²) in [6.07, 6.45) is 1.44. The minimum absolute atomic E-state index is 0.0559. The minimum Gasteiger partial charge on any atom is -0.347 e. The average molecular weight is 411 g/mol. The SMILES string of the molecule is Cc1nn(-c2ccccc2Cl)c(Cl)c1/C=C(\C#N)C(=O)NCc1ccccc1. The standard InChI is InChI=1S/C21H16Cl2N4O/c1-14-17(20(23)27(26-14)19-10-6-5-9-18(19)22)11-16(12-24)21(28)25-13-15-7-3-2-4-8-15/h2-11H,13H2,1H3,(H,25,28)/b16-11+. The van der Waals surface area contributed by atoms with Crippen LogP contribution in [0.25, 0.3) is 11.8 Å². The van der Waals surface area contributed by atoms with Crippen LogP contribution in [0.5, 0.6) is 0 Å². The molecule has 0 unspecified atom stereocenters. The van der Waals surface area contributed by atoms with E-state index in [2.05, 4.69) is 10.4 Å². The van der Waals surface area contributed by atoms with Gasteiger partial charge in [-0.25, -0.2) is 4.68 Å². The second kappa shape index (κ2) is 8.75. The van der Waals surface area contributed by atoms with Crippen LogP contribution in [0, 0.1) is 18.3 Å². The van der Waals surface area contributed by atoms with Crippen molar-refractivity contribution in [2.24, 2.45) is 0 Å². The van der Waals surface area contributed by atoms with Gasteiger partial charge >= 0.3 is 0 Å². The van der Waals surface area contributed by atoms with E-state index in [-0.39, 0.29) is 10.7 Å². The van der Waals surface area contributed by atoms with Gasteiger partial charge in [-0.1, -0.05) is 65.7 Å². The fraction of sp³-hybridized carbons (Fsp3) is 0.0952. The third-order valence-electron chi connectivity index (χ3n) is 4.08. The zero-order chi connectivity index (χ0) is 20.1. The zero-order valence-corrected chi connectivity index (χ0v) is 16.5. The van der Waals surface area contributed by atoms with Crippen molar-refractivity contribution in [3.63, 3.8) is 0 Å². The molecule has 0 saturated heterocycles. The maximum absolute atomic E-state index is 12.4. The molecule has 0 radical (unpaired) electrons. The first kappa shape index (κ1) is 19.7. The molecule has 0 aliphatic carbocycles. The summed E-state index contributed by atoms with van der Waals surface area (Å²) in [6.45, 7) is 2.08. The summed E-state index contributed by atoms with van der Waals surface area (Å²) in [7, 11) is 0. The molecule has 3 aromatic rings. The van der Waals surface area contributed by atoms with Crippen LogP contribution in [0.1, 0.15) is 16.8 Å². The molecule has 0 fully saturated rings. The summed E-state index contributed by atoms with van der Waals surface area (Å²) in [5.41, 5.74) is 2.57. The van der Waals surface area contributed by atoms with E-state index in [0.717, 1.165) is 5.56 Å². The molecule has 0 saturated carbocycles. The van der Waals surface area contributed by atoms with Crippen molar-refractivity contribution in [2.75, 3.05) is 0 Å². The van der Waals surface area contributed by atoms with E-state index in [9.17, 15) is 10.1 Å². The Morgan fingerprint density at radius 2 is 1.86 bits per heavy atom. The van der Waals surface area contributed by atoms with E-state index in [0.29, 0.717) is 28.5 Å². The highest BCUT2D eigenvalue weighted by Crippen LogP contribution is 2.29. The Morgan fingerprint density at radius 1 is 1.18 bits per heavy atom. The number of hydrogen-bond donors (Lipinski definition) is 1. The van der Waals surface area contributed by atoms with Crippen molar-refractivity contribution in [1.82, 2.24) is 15.1 Å². The predicted octanol–water partition coefficient (Wildman–Crippen LogP) is 4.71. The maximum atomic E-state index is 12.4. The van der Waals surface area contributed by atoms with Gasteiger partial charge in [0, 0.05) is 12.1 Å². The Balaban J connectivity index is 1.88. The number of nitriles is 1. The molecule has 0 spiro atoms. The van der Waals surface area contributed by atoms with Gasteiger partial charge in [0.15, 0.2) is 0 Å². The van der Waals surface area contributed by atoms with Gasteiger partial charge in [0.05, 0.1) is 16.4 Å². The Hall–Kier alpha value is -3.07. The van der Waals surface area contributed by atoms with E-state index in [1.807, 2.05) is 48.5 Å². The number of hydrogen-bond acceptors (Lipinski definition) is 3. The maximum Gasteiger partial charge on any atom is 0.262 e. The largest absolute Gasteiger partial charge is 0.347 e. The number of aromatic nitrogens is 2.